The Bertz CT molecular complexity index is 653. The monoisotopic (exact) mass is 292 g/mol. The van der Waals surface area contributed by atoms with E-state index in [1.54, 1.807) is 24.3 Å². The highest BCUT2D eigenvalue weighted by Crippen LogP contribution is 2.20. The van der Waals surface area contributed by atoms with Gasteiger partial charge in [-0.1, -0.05) is 17.7 Å². The molecule has 0 atom stereocenters. The predicted molar refractivity (Wildman–Crippen MR) is 77.2 cm³/mol. The molecule has 2 rings (SSSR count). The Morgan fingerprint density at radius 2 is 2.00 bits per heavy atom. The van der Waals surface area contributed by atoms with Crippen LogP contribution >= 0.6 is 11.6 Å². The highest BCUT2D eigenvalue weighted by Gasteiger charge is 2.10. The van der Waals surface area contributed by atoms with Crippen LogP contribution in [0.4, 0.5) is 4.39 Å². The van der Waals surface area contributed by atoms with Gasteiger partial charge in [0.2, 0.25) is 0 Å². The van der Waals surface area contributed by atoms with Crippen molar-refractivity contribution in [3.63, 3.8) is 0 Å². The normalized spacial score (nSPS) is 10.4. The molecule has 20 heavy (non-hydrogen) atoms. The summed E-state index contributed by atoms with van der Waals surface area (Å²) in [7, 11) is 1.40. The van der Waals surface area contributed by atoms with Crippen molar-refractivity contribution in [1.29, 1.82) is 0 Å². The van der Waals surface area contributed by atoms with Crippen LogP contribution in [0.3, 0.4) is 0 Å². The molecule has 2 aromatic rings. The molecule has 0 aliphatic carbocycles. The number of rotatable bonds is 4. The Morgan fingerprint density at radius 1 is 1.25 bits per heavy atom. The minimum absolute atomic E-state index is 0.0747. The topological polar surface area (TPSA) is 26.3 Å². The van der Waals surface area contributed by atoms with E-state index in [0.29, 0.717) is 16.1 Å². The van der Waals surface area contributed by atoms with Gasteiger partial charge in [-0.25, -0.2) is 4.39 Å². The molecule has 4 heteroatoms. The summed E-state index contributed by atoms with van der Waals surface area (Å²) in [5, 5.41) is 0.622. The molecule has 0 heterocycles. The van der Waals surface area contributed by atoms with E-state index in [1.165, 1.54) is 19.2 Å². The highest BCUT2D eigenvalue weighted by molar-refractivity contribution is 6.31. The molecule has 0 aliphatic rings. The van der Waals surface area contributed by atoms with Crippen LogP contribution in [0, 0.1) is 12.7 Å². The first-order valence-corrected chi connectivity index (χ1v) is 6.51. The van der Waals surface area contributed by atoms with Gasteiger partial charge in [0.15, 0.2) is 17.3 Å². The summed E-state index contributed by atoms with van der Waals surface area (Å²) < 4.78 is 18.4. The molecule has 0 saturated heterocycles. The van der Waals surface area contributed by atoms with E-state index in [-0.39, 0.29) is 18.0 Å². The maximum atomic E-state index is 13.6. The van der Waals surface area contributed by atoms with Crippen LogP contribution in [0.5, 0.6) is 5.75 Å². The minimum atomic E-state index is -0.468. The molecule has 2 nitrogen and oxygen atoms in total. The summed E-state index contributed by atoms with van der Waals surface area (Å²) >= 11 is 5.92. The van der Waals surface area contributed by atoms with Gasteiger partial charge in [-0.3, -0.25) is 4.79 Å². The number of aryl methyl sites for hydroxylation is 1. The minimum Gasteiger partial charge on any atom is -0.494 e. The molecular formula is C16H14ClFO2. The second-order valence-electron chi connectivity index (χ2n) is 4.53. The molecular weight excluding hydrogens is 279 g/mol. The average Bonchev–Trinajstić information content (AvgIpc) is 2.42. The number of hydrogen-bond acceptors (Lipinski definition) is 2. The fraction of sp³-hybridized carbons (Fsp3) is 0.188. The Balaban J connectivity index is 2.19. The van der Waals surface area contributed by atoms with Crippen molar-refractivity contribution < 1.29 is 13.9 Å². The number of carbonyl (C=O) groups is 1. The molecule has 0 unspecified atom stereocenters. The van der Waals surface area contributed by atoms with Gasteiger partial charge >= 0.3 is 0 Å². The third kappa shape index (κ3) is 3.17. The van der Waals surface area contributed by atoms with Gasteiger partial charge in [-0.15, -0.1) is 0 Å². The van der Waals surface area contributed by atoms with Crippen molar-refractivity contribution in [3.8, 4) is 5.75 Å². The van der Waals surface area contributed by atoms with Crippen LogP contribution in [0.15, 0.2) is 36.4 Å². The van der Waals surface area contributed by atoms with Gasteiger partial charge in [0.05, 0.1) is 7.11 Å². The predicted octanol–water partition coefficient (Wildman–Crippen LogP) is 4.22. The molecule has 0 fully saturated rings. The Hall–Kier alpha value is -1.87. The number of ether oxygens (including phenoxy) is 1. The van der Waals surface area contributed by atoms with E-state index in [2.05, 4.69) is 0 Å². The molecule has 0 saturated carbocycles. The summed E-state index contributed by atoms with van der Waals surface area (Å²) in [6.45, 7) is 1.84. The van der Waals surface area contributed by atoms with Crippen molar-refractivity contribution in [2.45, 2.75) is 13.3 Å². The van der Waals surface area contributed by atoms with Crippen molar-refractivity contribution >= 4 is 17.4 Å². The Labute approximate surface area is 122 Å². The second kappa shape index (κ2) is 6.06. The second-order valence-corrected chi connectivity index (χ2v) is 4.94. The van der Waals surface area contributed by atoms with Crippen LogP contribution in [-0.4, -0.2) is 12.9 Å². The fourth-order valence-electron chi connectivity index (χ4n) is 1.93. The zero-order valence-electron chi connectivity index (χ0n) is 11.2. The van der Waals surface area contributed by atoms with E-state index in [9.17, 15) is 9.18 Å². The van der Waals surface area contributed by atoms with E-state index >= 15 is 0 Å². The molecule has 0 amide bonds. The van der Waals surface area contributed by atoms with Gasteiger partial charge in [0, 0.05) is 17.0 Å². The van der Waals surface area contributed by atoms with E-state index in [4.69, 9.17) is 16.3 Å². The van der Waals surface area contributed by atoms with Crippen LogP contribution in [0.25, 0.3) is 0 Å². The van der Waals surface area contributed by atoms with Crippen molar-refractivity contribution in [1.82, 2.24) is 0 Å². The standard InChI is InChI=1S/C16H14ClFO2/c1-10-7-12(4-5-13(10)17)15(19)9-11-3-6-16(20-2)14(18)8-11/h3-8H,9H2,1-2H3. The van der Waals surface area contributed by atoms with Gasteiger partial charge in [-0.05, 0) is 48.4 Å². The van der Waals surface area contributed by atoms with Crippen molar-refractivity contribution in [3.05, 3.63) is 63.9 Å². The molecule has 0 radical (unpaired) electrons. The smallest absolute Gasteiger partial charge is 0.167 e. The van der Waals surface area contributed by atoms with Crippen molar-refractivity contribution in [2.75, 3.05) is 7.11 Å². The lowest BCUT2D eigenvalue weighted by Gasteiger charge is -2.06. The van der Waals surface area contributed by atoms with Crippen LogP contribution < -0.4 is 4.74 Å². The average molecular weight is 293 g/mol. The highest BCUT2D eigenvalue weighted by atomic mass is 35.5. The molecule has 2 aromatic carbocycles. The number of carbonyl (C=O) groups excluding carboxylic acids is 1. The van der Waals surface area contributed by atoms with E-state index in [1.807, 2.05) is 6.92 Å². The number of benzene rings is 2. The fourth-order valence-corrected chi connectivity index (χ4v) is 2.04. The Kier molecular flexibility index (Phi) is 4.40. The SMILES string of the molecule is COc1ccc(CC(=O)c2ccc(Cl)c(C)c2)cc1F. The number of ketones is 1. The Morgan fingerprint density at radius 3 is 2.60 bits per heavy atom. The van der Waals surface area contributed by atoms with Crippen LogP contribution in [-0.2, 0) is 6.42 Å². The lowest BCUT2D eigenvalue weighted by atomic mass is 10.0. The van der Waals surface area contributed by atoms with Crippen LogP contribution in [0.1, 0.15) is 21.5 Å². The van der Waals surface area contributed by atoms with E-state index in [0.717, 1.165) is 5.56 Å². The van der Waals surface area contributed by atoms with Gasteiger partial charge < -0.3 is 4.74 Å². The maximum Gasteiger partial charge on any atom is 0.167 e. The number of Topliss-reactive ketones (excluding diaryl/α,β-unsaturated/α-hetero) is 1. The molecule has 0 N–H and O–H groups in total. The van der Waals surface area contributed by atoms with Gasteiger partial charge in [0.1, 0.15) is 0 Å². The largest absolute Gasteiger partial charge is 0.494 e. The summed E-state index contributed by atoms with van der Waals surface area (Å²) in [4.78, 5) is 12.1. The first-order chi connectivity index (χ1) is 9.51. The summed E-state index contributed by atoms with van der Waals surface area (Å²) in [6.07, 6.45) is 0.141. The quantitative estimate of drug-likeness (QED) is 0.789. The first kappa shape index (κ1) is 14.5. The molecule has 0 aromatic heterocycles. The third-order valence-corrected chi connectivity index (χ3v) is 3.48. The number of methoxy groups -OCH3 is 1. The molecule has 104 valence electrons. The lowest BCUT2D eigenvalue weighted by Crippen LogP contribution is -2.04. The van der Waals surface area contributed by atoms with Gasteiger partial charge in [0.25, 0.3) is 0 Å². The molecule has 0 spiro atoms. The first-order valence-electron chi connectivity index (χ1n) is 6.13. The number of halogens is 2. The zero-order chi connectivity index (χ0) is 14.7. The number of hydrogen-bond donors (Lipinski definition) is 0. The lowest BCUT2D eigenvalue weighted by molar-refractivity contribution is 0.0993. The summed E-state index contributed by atoms with van der Waals surface area (Å²) in [6, 6.07) is 9.63. The maximum absolute atomic E-state index is 13.6. The molecule has 0 bridgehead atoms. The van der Waals surface area contributed by atoms with Gasteiger partial charge in [-0.2, -0.15) is 0 Å². The summed E-state index contributed by atoms with van der Waals surface area (Å²) in [5.74, 6) is -0.372. The van der Waals surface area contributed by atoms with Crippen LogP contribution in [0.2, 0.25) is 5.02 Å². The molecule has 0 aliphatic heterocycles. The zero-order valence-corrected chi connectivity index (χ0v) is 12.0. The summed E-state index contributed by atoms with van der Waals surface area (Å²) in [5.41, 5.74) is 2.03. The van der Waals surface area contributed by atoms with E-state index < -0.39 is 5.82 Å². The third-order valence-electron chi connectivity index (χ3n) is 3.06. The van der Waals surface area contributed by atoms with Crippen molar-refractivity contribution in [2.24, 2.45) is 0 Å².